The van der Waals surface area contributed by atoms with Crippen molar-refractivity contribution in [3.63, 3.8) is 0 Å². The van der Waals surface area contributed by atoms with E-state index in [1.165, 1.54) is 0 Å². The first-order valence-corrected chi connectivity index (χ1v) is 3.81. The van der Waals surface area contributed by atoms with E-state index in [0.29, 0.717) is 18.5 Å². The second kappa shape index (κ2) is 3.38. The fourth-order valence-electron chi connectivity index (χ4n) is 1.09. The molecule has 1 N–H and O–H groups in total. The molecule has 1 fully saturated rings. The lowest BCUT2D eigenvalue weighted by molar-refractivity contribution is -0.136. The van der Waals surface area contributed by atoms with Crippen molar-refractivity contribution >= 4 is 11.7 Å². The molecule has 1 aliphatic heterocycles. The molecule has 0 saturated carbocycles. The molecular formula is C8H12N2O2. The quantitative estimate of drug-likeness (QED) is 0.425. The lowest BCUT2D eigenvalue weighted by Gasteiger charge is -2.15. The van der Waals surface area contributed by atoms with Gasteiger partial charge in [-0.05, 0) is 6.42 Å². The molecule has 1 aliphatic rings. The van der Waals surface area contributed by atoms with Crippen molar-refractivity contribution < 1.29 is 9.59 Å². The topological polar surface area (TPSA) is 49.4 Å². The third-order valence-electron chi connectivity index (χ3n) is 1.59. The molecule has 1 heterocycles. The van der Waals surface area contributed by atoms with E-state index in [2.05, 4.69) is 5.32 Å². The van der Waals surface area contributed by atoms with Crippen LogP contribution in [0.2, 0.25) is 0 Å². The molecule has 0 aromatic rings. The lowest BCUT2D eigenvalue weighted by atomic mass is 10.1. The first kappa shape index (κ1) is 8.77. The molecule has 0 bridgehead atoms. The van der Waals surface area contributed by atoms with E-state index in [4.69, 9.17) is 0 Å². The predicted molar refractivity (Wildman–Crippen MR) is 44.4 cm³/mol. The molecule has 4 heteroatoms. The van der Waals surface area contributed by atoms with Crippen LogP contribution in [0.1, 0.15) is 6.42 Å². The van der Waals surface area contributed by atoms with E-state index in [1.54, 1.807) is 11.1 Å². The van der Waals surface area contributed by atoms with Crippen LogP contribution in [-0.4, -0.2) is 37.2 Å². The van der Waals surface area contributed by atoms with Crippen molar-refractivity contribution in [3.8, 4) is 0 Å². The summed E-state index contributed by atoms with van der Waals surface area (Å²) in [6.45, 7) is 0.560. The van der Waals surface area contributed by atoms with E-state index in [-0.39, 0.29) is 0 Å². The van der Waals surface area contributed by atoms with Crippen molar-refractivity contribution in [1.29, 1.82) is 0 Å². The van der Waals surface area contributed by atoms with Crippen molar-refractivity contribution in [3.05, 3.63) is 11.8 Å². The Balaban J connectivity index is 2.77. The summed E-state index contributed by atoms with van der Waals surface area (Å²) < 4.78 is 0. The van der Waals surface area contributed by atoms with Crippen molar-refractivity contribution in [2.45, 2.75) is 6.42 Å². The Morgan fingerprint density at radius 1 is 1.42 bits per heavy atom. The fraction of sp³-hybridized carbons (Fsp3) is 0.500. The highest BCUT2D eigenvalue weighted by Gasteiger charge is 2.22. The minimum atomic E-state index is -0.491. The Hall–Kier alpha value is -1.32. The average Bonchev–Trinajstić information content (AvgIpc) is 1.98. The number of nitrogens with zero attached hydrogens (tertiary/aromatic N) is 1. The molecule has 0 aromatic heterocycles. The van der Waals surface area contributed by atoms with Crippen LogP contribution >= 0.6 is 0 Å². The van der Waals surface area contributed by atoms with Gasteiger partial charge in [0.15, 0.2) is 0 Å². The number of nitrogens with one attached hydrogen (secondary N) is 1. The maximum Gasteiger partial charge on any atom is 0.292 e. The van der Waals surface area contributed by atoms with Gasteiger partial charge in [-0.3, -0.25) is 9.59 Å². The van der Waals surface area contributed by atoms with Gasteiger partial charge in [-0.15, -0.1) is 0 Å². The van der Waals surface area contributed by atoms with Gasteiger partial charge in [-0.25, -0.2) is 0 Å². The molecule has 0 spiro atoms. The standard InChI is InChI=1S/C8H12N2O2/c1-10(2)5-6-3-4-9-8(12)7(6)11/h5H,3-4H2,1-2H3,(H,9,12). The van der Waals surface area contributed by atoms with Crippen LogP contribution in [0.25, 0.3) is 0 Å². The zero-order chi connectivity index (χ0) is 9.14. The minimum absolute atomic E-state index is 0.407. The van der Waals surface area contributed by atoms with E-state index >= 15 is 0 Å². The number of carbonyl (C=O) groups excluding carboxylic acids is 2. The van der Waals surface area contributed by atoms with Gasteiger partial charge in [-0.2, -0.15) is 0 Å². The maximum atomic E-state index is 11.2. The van der Waals surface area contributed by atoms with E-state index in [1.807, 2.05) is 14.1 Å². The molecule has 0 aliphatic carbocycles. The molecule has 0 aromatic carbocycles. The summed E-state index contributed by atoms with van der Waals surface area (Å²) in [5.41, 5.74) is 0.587. The van der Waals surface area contributed by atoms with Crippen molar-refractivity contribution in [1.82, 2.24) is 10.2 Å². The molecule has 4 nitrogen and oxygen atoms in total. The summed E-state index contributed by atoms with van der Waals surface area (Å²) in [6, 6.07) is 0. The summed E-state index contributed by atoms with van der Waals surface area (Å²) in [4.78, 5) is 23.8. The van der Waals surface area contributed by atoms with Crippen LogP contribution in [0.15, 0.2) is 11.8 Å². The van der Waals surface area contributed by atoms with Crippen LogP contribution < -0.4 is 5.32 Å². The normalized spacial score (nSPS) is 21.0. The van der Waals surface area contributed by atoms with Crippen LogP contribution in [0.3, 0.4) is 0 Å². The Bertz CT molecular complexity index is 243. The number of hydrogen-bond donors (Lipinski definition) is 1. The first-order valence-electron chi connectivity index (χ1n) is 3.81. The molecule has 1 rings (SSSR count). The Labute approximate surface area is 71.2 Å². The van der Waals surface area contributed by atoms with Gasteiger partial charge in [0.25, 0.3) is 5.91 Å². The number of amides is 1. The third-order valence-corrected chi connectivity index (χ3v) is 1.59. The second-order valence-electron chi connectivity index (χ2n) is 2.95. The smallest absolute Gasteiger partial charge is 0.292 e. The molecular weight excluding hydrogens is 156 g/mol. The van der Waals surface area contributed by atoms with Gasteiger partial charge in [0.05, 0.1) is 0 Å². The molecule has 0 atom stereocenters. The zero-order valence-corrected chi connectivity index (χ0v) is 7.26. The highest BCUT2D eigenvalue weighted by Crippen LogP contribution is 2.07. The Kier molecular flexibility index (Phi) is 2.47. The monoisotopic (exact) mass is 168 g/mol. The number of ketones is 1. The summed E-state index contributed by atoms with van der Waals surface area (Å²) in [7, 11) is 3.65. The highest BCUT2D eigenvalue weighted by molar-refractivity contribution is 6.43. The van der Waals surface area contributed by atoms with Gasteiger partial charge in [0.1, 0.15) is 0 Å². The van der Waals surface area contributed by atoms with Gasteiger partial charge in [0, 0.05) is 32.4 Å². The average molecular weight is 168 g/mol. The summed E-state index contributed by atoms with van der Waals surface area (Å²) >= 11 is 0. The minimum Gasteiger partial charge on any atom is -0.383 e. The van der Waals surface area contributed by atoms with Gasteiger partial charge in [-0.1, -0.05) is 0 Å². The number of rotatable bonds is 1. The number of hydrogen-bond acceptors (Lipinski definition) is 3. The fourth-order valence-corrected chi connectivity index (χ4v) is 1.09. The molecule has 1 saturated heterocycles. The van der Waals surface area contributed by atoms with Crippen LogP contribution in [0.5, 0.6) is 0 Å². The third kappa shape index (κ3) is 1.84. The number of piperidine rings is 1. The summed E-state index contributed by atoms with van der Waals surface area (Å²) in [5, 5.41) is 2.49. The highest BCUT2D eigenvalue weighted by atomic mass is 16.2. The molecule has 0 radical (unpaired) electrons. The van der Waals surface area contributed by atoms with Gasteiger partial charge >= 0.3 is 0 Å². The first-order chi connectivity index (χ1) is 5.61. The predicted octanol–water partition coefficient (Wildman–Crippen LogP) is -0.479. The Morgan fingerprint density at radius 3 is 2.67 bits per heavy atom. The lowest BCUT2D eigenvalue weighted by Crippen LogP contribution is -2.38. The summed E-state index contributed by atoms with van der Waals surface area (Å²) in [5.74, 6) is -0.899. The molecule has 0 unspecified atom stereocenters. The van der Waals surface area contributed by atoms with Crippen LogP contribution in [0, 0.1) is 0 Å². The number of Topliss-reactive ketones (excluding diaryl/α,β-unsaturated/α-hetero) is 1. The second-order valence-corrected chi connectivity index (χ2v) is 2.95. The Morgan fingerprint density at radius 2 is 2.08 bits per heavy atom. The van der Waals surface area contributed by atoms with Crippen LogP contribution in [0.4, 0.5) is 0 Å². The van der Waals surface area contributed by atoms with E-state index in [0.717, 1.165) is 0 Å². The van der Waals surface area contributed by atoms with E-state index < -0.39 is 11.7 Å². The zero-order valence-electron chi connectivity index (χ0n) is 7.26. The van der Waals surface area contributed by atoms with Gasteiger partial charge < -0.3 is 10.2 Å². The van der Waals surface area contributed by atoms with Crippen molar-refractivity contribution in [2.24, 2.45) is 0 Å². The molecule has 12 heavy (non-hydrogen) atoms. The van der Waals surface area contributed by atoms with Gasteiger partial charge in [0.2, 0.25) is 5.78 Å². The number of carbonyl (C=O) groups is 2. The maximum absolute atomic E-state index is 11.2. The molecule has 66 valence electrons. The molecule has 1 amide bonds. The summed E-state index contributed by atoms with van der Waals surface area (Å²) in [6.07, 6.45) is 2.32. The van der Waals surface area contributed by atoms with Crippen LogP contribution in [-0.2, 0) is 9.59 Å². The largest absolute Gasteiger partial charge is 0.383 e. The SMILES string of the molecule is CN(C)C=C1CCNC(=O)C1=O. The van der Waals surface area contributed by atoms with Crippen molar-refractivity contribution in [2.75, 3.05) is 20.6 Å². The van der Waals surface area contributed by atoms with E-state index in [9.17, 15) is 9.59 Å².